The van der Waals surface area contributed by atoms with Gasteiger partial charge in [-0.2, -0.15) is 0 Å². The second kappa shape index (κ2) is 6.10. The molecule has 1 aliphatic carbocycles. The SMILES string of the molecule is COCCNC(C)(c1nc2c(s1)CCC2)C1CCOC1. The Morgan fingerprint density at radius 2 is 2.40 bits per heavy atom. The minimum Gasteiger partial charge on any atom is -0.383 e. The zero-order valence-corrected chi connectivity index (χ0v) is 13.2. The molecule has 0 aromatic carbocycles. The molecule has 112 valence electrons. The Bertz CT molecular complexity index is 435. The number of ether oxygens (including phenoxy) is 2. The van der Waals surface area contributed by atoms with E-state index in [0.29, 0.717) is 5.92 Å². The minimum atomic E-state index is -0.0793. The number of aryl methyl sites for hydroxylation is 2. The molecule has 0 saturated carbocycles. The van der Waals surface area contributed by atoms with E-state index in [2.05, 4.69) is 12.2 Å². The molecule has 1 aromatic heterocycles. The molecule has 1 aliphatic heterocycles. The maximum atomic E-state index is 5.61. The summed E-state index contributed by atoms with van der Waals surface area (Å²) < 4.78 is 10.8. The van der Waals surface area contributed by atoms with Gasteiger partial charge in [0.05, 0.1) is 24.4 Å². The fourth-order valence-corrected chi connectivity index (χ4v) is 4.56. The Morgan fingerprint density at radius 3 is 3.10 bits per heavy atom. The number of nitrogens with zero attached hydrogens (tertiary/aromatic N) is 1. The Morgan fingerprint density at radius 1 is 1.50 bits per heavy atom. The van der Waals surface area contributed by atoms with Crippen molar-refractivity contribution in [1.82, 2.24) is 10.3 Å². The number of aromatic nitrogens is 1. The van der Waals surface area contributed by atoms with Crippen LogP contribution in [0.3, 0.4) is 0 Å². The Labute approximate surface area is 124 Å². The van der Waals surface area contributed by atoms with Crippen LogP contribution in [0.2, 0.25) is 0 Å². The van der Waals surface area contributed by atoms with Crippen molar-refractivity contribution in [3.8, 4) is 0 Å². The lowest BCUT2D eigenvalue weighted by molar-refractivity contribution is 0.138. The fourth-order valence-electron chi connectivity index (χ4n) is 3.21. The number of rotatable bonds is 6. The third-order valence-corrected chi connectivity index (χ3v) is 5.98. The van der Waals surface area contributed by atoms with Gasteiger partial charge in [-0.05, 0) is 32.6 Å². The largest absolute Gasteiger partial charge is 0.383 e. The molecular formula is C15H24N2O2S. The standard InChI is InChI=1S/C15H24N2O2S/c1-15(16-7-9-18-2,11-6-8-19-10-11)14-17-12-4-3-5-13(12)20-14/h11,16H,3-10H2,1-2H3. The predicted molar refractivity (Wildman–Crippen MR) is 80.3 cm³/mol. The first kappa shape index (κ1) is 14.4. The van der Waals surface area contributed by atoms with Gasteiger partial charge in [0.15, 0.2) is 0 Å². The van der Waals surface area contributed by atoms with Crippen LogP contribution >= 0.6 is 11.3 Å². The average Bonchev–Trinajstić information content (AvgIpc) is 3.15. The van der Waals surface area contributed by atoms with Crippen molar-refractivity contribution in [3.05, 3.63) is 15.6 Å². The maximum Gasteiger partial charge on any atom is 0.113 e. The first-order valence-electron chi connectivity index (χ1n) is 7.55. The Balaban J connectivity index is 1.82. The van der Waals surface area contributed by atoms with Crippen LogP contribution in [0.15, 0.2) is 0 Å². The number of fused-ring (bicyclic) bond motifs is 1. The molecule has 1 saturated heterocycles. The smallest absolute Gasteiger partial charge is 0.113 e. The summed E-state index contributed by atoms with van der Waals surface area (Å²) in [6, 6.07) is 0. The van der Waals surface area contributed by atoms with E-state index in [0.717, 1.165) is 39.2 Å². The van der Waals surface area contributed by atoms with Gasteiger partial charge in [0.25, 0.3) is 0 Å². The first-order valence-corrected chi connectivity index (χ1v) is 8.36. The molecule has 5 heteroatoms. The highest BCUT2D eigenvalue weighted by Crippen LogP contribution is 2.39. The molecule has 1 aromatic rings. The van der Waals surface area contributed by atoms with E-state index >= 15 is 0 Å². The summed E-state index contributed by atoms with van der Waals surface area (Å²) in [6.45, 7) is 5.58. The lowest BCUT2D eigenvalue weighted by Crippen LogP contribution is -2.47. The van der Waals surface area contributed by atoms with Gasteiger partial charge >= 0.3 is 0 Å². The molecule has 2 aliphatic rings. The summed E-state index contributed by atoms with van der Waals surface area (Å²) in [7, 11) is 1.75. The van der Waals surface area contributed by atoms with Crippen LogP contribution in [0.5, 0.6) is 0 Å². The third kappa shape index (κ3) is 2.64. The van der Waals surface area contributed by atoms with Crippen molar-refractivity contribution in [1.29, 1.82) is 0 Å². The molecular weight excluding hydrogens is 272 g/mol. The van der Waals surface area contributed by atoms with Crippen molar-refractivity contribution in [2.75, 3.05) is 33.5 Å². The minimum absolute atomic E-state index is 0.0793. The average molecular weight is 296 g/mol. The summed E-state index contributed by atoms with van der Waals surface area (Å²) in [5.41, 5.74) is 1.26. The van der Waals surface area contributed by atoms with E-state index in [9.17, 15) is 0 Å². The van der Waals surface area contributed by atoms with E-state index in [1.54, 1.807) is 7.11 Å². The molecule has 3 rings (SSSR count). The van der Waals surface area contributed by atoms with Gasteiger partial charge in [-0.3, -0.25) is 0 Å². The molecule has 4 nitrogen and oxygen atoms in total. The Hall–Kier alpha value is -0.490. The first-order chi connectivity index (χ1) is 9.74. The molecule has 2 atom stereocenters. The zero-order valence-electron chi connectivity index (χ0n) is 12.4. The van der Waals surface area contributed by atoms with Crippen LogP contribution < -0.4 is 5.32 Å². The van der Waals surface area contributed by atoms with E-state index in [1.807, 2.05) is 11.3 Å². The number of thiazole rings is 1. The number of nitrogens with one attached hydrogen (secondary N) is 1. The third-order valence-electron chi connectivity index (χ3n) is 4.58. The van der Waals surface area contributed by atoms with Gasteiger partial charge in [-0.1, -0.05) is 0 Å². The lowest BCUT2D eigenvalue weighted by atomic mass is 9.85. The molecule has 2 unspecified atom stereocenters. The van der Waals surface area contributed by atoms with Gasteiger partial charge in [0.1, 0.15) is 5.01 Å². The van der Waals surface area contributed by atoms with Crippen molar-refractivity contribution >= 4 is 11.3 Å². The number of methoxy groups -OCH3 is 1. The summed E-state index contributed by atoms with van der Waals surface area (Å²) in [6.07, 6.45) is 4.75. The summed E-state index contributed by atoms with van der Waals surface area (Å²) in [5.74, 6) is 0.505. The van der Waals surface area contributed by atoms with Gasteiger partial charge < -0.3 is 14.8 Å². The molecule has 1 fully saturated rings. The van der Waals surface area contributed by atoms with Gasteiger partial charge in [0.2, 0.25) is 0 Å². The van der Waals surface area contributed by atoms with E-state index in [1.165, 1.54) is 28.4 Å². The normalized spacial score (nSPS) is 24.8. The fraction of sp³-hybridized carbons (Fsp3) is 0.800. The quantitative estimate of drug-likeness (QED) is 0.817. The van der Waals surface area contributed by atoms with Crippen molar-refractivity contribution in [2.24, 2.45) is 5.92 Å². The van der Waals surface area contributed by atoms with Crippen LogP contribution in [0, 0.1) is 5.92 Å². The van der Waals surface area contributed by atoms with Crippen LogP contribution in [0.4, 0.5) is 0 Å². The second-order valence-electron chi connectivity index (χ2n) is 5.92. The topological polar surface area (TPSA) is 43.4 Å². The molecule has 0 bridgehead atoms. The summed E-state index contributed by atoms with van der Waals surface area (Å²) >= 11 is 1.90. The van der Waals surface area contributed by atoms with Crippen molar-refractivity contribution in [3.63, 3.8) is 0 Å². The number of hydrogen-bond donors (Lipinski definition) is 1. The van der Waals surface area contributed by atoms with E-state index < -0.39 is 0 Å². The number of hydrogen-bond acceptors (Lipinski definition) is 5. The highest BCUT2D eigenvalue weighted by Gasteiger charge is 2.41. The molecule has 20 heavy (non-hydrogen) atoms. The molecule has 0 amide bonds. The Kier molecular flexibility index (Phi) is 4.40. The van der Waals surface area contributed by atoms with Crippen LogP contribution in [-0.2, 0) is 27.9 Å². The highest BCUT2D eigenvalue weighted by molar-refractivity contribution is 7.12. The molecule has 0 radical (unpaired) electrons. The van der Waals surface area contributed by atoms with Crippen LogP contribution in [0.25, 0.3) is 0 Å². The van der Waals surface area contributed by atoms with Crippen LogP contribution in [-0.4, -0.2) is 38.5 Å². The molecule has 0 spiro atoms. The monoisotopic (exact) mass is 296 g/mol. The van der Waals surface area contributed by atoms with Crippen molar-refractivity contribution < 1.29 is 9.47 Å². The summed E-state index contributed by atoms with van der Waals surface area (Å²) in [4.78, 5) is 6.44. The van der Waals surface area contributed by atoms with Gasteiger partial charge in [-0.25, -0.2) is 4.98 Å². The molecule has 1 N–H and O–H groups in total. The predicted octanol–water partition coefficient (Wildman–Crippen LogP) is 2.12. The van der Waals surface area contributed by atoms with Crippen molar-refractivity contribution in [2.45, 2.75) is 38.1 Å². The zero-order chi connectivity index (χ0) is 14.0. The lowest BCUT2D eigenvalue weighted by Gasteiger charge is -2.34. The highest BCUT2D eigenvalue weighted by atomic mass is 32.1. The van der Waals surface area contributed by atoms with E-state index in [-0.39, 0.29) is 5.54 Å². The van der Waals surface area contributed by atoms with Gasteiger partial charge in [0, 0.05) is 31.1 Å². The maximum absolute atomic E-state index is 5.61. The molecule has 2 heterocycles. The second-order valence-corrected chi connectivity index (χ2v) is 7.01. The van der Waals surface area contributed by atoms with E-state index in [4.69, 9.17) is 14.5 Å². The van der Waals surface area contributed by atoms with Crippen LogP contribution in [0.1, 0.15) is 35.3 Å². The summed E-state index contributed by atoms with van der Waals surface area (Å²) in [5, 5.41) is 4.93. The van der Waals surface area contributed by atoms with Gasteiger partial charge in [-0.15, -0.1) is 11.3 Å².